The van der Waals surface area contributed by atoms with Gasteiger partial charge < -0.3 is 0 Å². The summed E-state index contributed by atoms with van der Waals surface area (Å²) in [6, 6.07) is 122. The van der Waals surface area contributed by atoms with Gasteiger partial charge in [-0.3, -0.25) is 15.0 Å². The molecule has 20 aromatic rings. The first-order valence-corrected chi connectivity index (χ1v) is 34.7. The molecule has 486 valence electrons. The Morgan fingerprint density at radius 3 is 0.952 bits per heavy atom. The predicted molar refractivity (Wildman–Crippen MR) is 428 cm³/mol. The van der Waals surface area contributed by atoms with Crippen LogP contribution in [0.1, 0.15) is 0 Å². The van der Waals surface area contributed by atoms with Crippen LogP contribution in [0.3, 0.4) is 0 Å². The van der Waals surface area contributed by atoms with E-state index in [0.29, 0.717) is 0 Å². The molecular weight excluding hydrogens is 1270 g/mol. The van der Waals surface area contributed by atoms with Crippen molar-refractivity contribution in [2.24, 2.45) is 0 Å². The van der Waals surface area contributed by atoms with E-state index in [1.807, 2.05) is 91.0 Å². The largest absolute Gasteiger partial charge is 0.255 e. The maximum absolute atomic E-state index is 5.01. The smallest absolute Gasteiger partial charge is 0.0893 e. The summed E-state index contributed by atoms with van der Waals surface area (Å²) in [5.41, 5.74) is 24.3. The molecule has 0 unspecified atom stereocenters. The third-order valence-electron chi connectivity index (χ3n) is 19.1. The van der Waals surface area contributed by atoms with Crippen molar-refractivity contribution in [1.29, 1.82) is 0 Å². The van der Waals surface area contributed by atoms with Gasteiger partial charge in [-0.1, -0.05) is 218 Å². The second kappa shape index (κ2) is 27.5. The first-order valence-electron chi connectivity index (χ1n) is 34.7. The van der Waals surface area contributed by atoms with Crippen LogP contribution in [0.25, 0.3) is 188 Å². The molecular formula is C95H61N9. The second-order valence-corrected chi connectivity index (χ2v) is 25.7. The standard InChI is InChI=1S/2C33H21N3.C29H19N3/c1-2-8-27-22(6-1)7-5-9-28(27)30-17-15-26-20-24(14-16-29(26)35-30)25-12-11-23-13-18-32(36-33(23)21-25)31-10-3-4-19-34-31;1-2-6-24-19-27(11-8-22(24)5-1)30-16-14-28-20-25(13-15-29(28)35-30)26-10-9-23-12-17-32(36-33(23)21-26)31-7-3-4-18-34-31;1-2-6-20(7-3-1)25-15-13-24-18-22(12-14-26(24)31-25)23-10-9-21-11-16-28(32-29(21)19-23)27-8-4-5-17-30-27/h2*1-21H;1-19H. The van der Waals surface area contributed by atoms with Gasteiger partial charge in [-0.15, -0.1) is 0 Å². The fourth-order valence-corrected chi connectivity index (χ4v) is 13.7. The van der Waals surface area contributed by atoms with Gasteiger partial charge in [-0.05, 0) is 188 Å². The molecule has 9 heterocycles. The zero-order valence-electron chi connectivity index (χ0n) is 56.2. The van der Waals surface area contributed by atoms with E-state index in [2.05, 4.69) is 276 Å². The van der Waals surface area contributed by atoms with Crippen molar-refractivity contribution >= 4 is 87.0 Å². The average Bonchev–Trinajstić information content (AvgIpc) is 0.808. The molecule has 0 radical (unpaired) electrons. The van der Waals surface area contributed by atoms with Gasteiger partial charge in [0.15, 0.2) is 0 Å². The summed E-state index contributed by atoms with van der Waals surface area (Å²) in [4.78, 5) is 42.8. The summed E-state index contributed by atoms with van der Waals surface area (Å²) in [5.74, 6) is 0. The highest BCUT2D eigenvalue weighted by atomic mass is 14.8. The quantitative estimate of drug-likeness (QED) is 0.139. The van der Waals surface area contributed by atoms with Crippen molar-refractivity contribution in [1.82, 2.24) is 44.9 Å². The number of fused-ring (bicyclic) bond motifs is 8. The topological polar surface area (TPSA) is 116 Å². The minimum atomic E-state index is 0.878. The molecule has 0 N–H and O–H groups in total. The number of hydrogen-bond donors (Lipinski definition) is 0. The van der Waals surface area contributed by atoms with Crippen LogP contribution in [0.5, 0.6) is 0 Å². The Balaban J connectivity index is 0.000000111. The van der Waals surface area contributed by atoms with Crippen LogP contribution in [0.15, 0.2) is 370 Å². The third kappa shape index (κ3) is 12.9. The van der Waals surface area contributed by atoms with Crippen molar-refractivity contribution in [2.75, 3.05) is 0 Å². The van der Waals surface area contributed by atoms with Crippen molar-refractivity contribution in [3.05, 3.63) is 370 Å². The number of benzene rings is 11. The molecule has 20 rings (SSSR count). The third-order valence-corrected chi connectivity index (χ3v) is 19.1. The minimum Gasteiger partial charge on any atom is -0.255 e. The summed E-state index contributed by atoms with van der Waals surface area (Å²) < 4.78 is 0. The molecule has 0 bridgehead atoms. The summed E-state index contributed by atoms with van der Waals surface area (Å²) in [6.45, 7) is 0. The van der Waals surface area contributed by atoms with E-state index in [4.69, 9.17) is 29.9 Å². The van der Waals surface area contributed by atoms with E-state index in [-0.39, 0.29) is 0 Å². The Morgan fingerprint density at radius 1 is 0.144 bits per heavy atom. The van der Waals surface area contributed by atoms with Crippen LogP contribution in [-0.2, 0) is 0 Å². The minimum absolute atomic E-state index is 0.878. The molecule has 11 aromatic carbocycles. The molecule has 0 aliphatic carbocycles. The van der Waals surface area contributed by atoms with Crippen LogP contribution in [0.4, 0.5) is 0 Å². The first-order chi connectivity index (χ1) is 51.4. The molecule has 0 aliphatic heterocycles. The molecule has 0 amide bonds. The fraction of sp³-hybridized carbons (Fsp3) is 0. The Hall–Kier alpha value is -14.2. The molecule has 0 saturated heterocycles. The molecule has 104 heavy (non-hydrogen) atoms. The average molecular weight is 1330 g/mol. The summed E-state index contributed by atoms with van der Waals surface area (Å²) in [6.07, 6.45) is 5.39. The van der Waals surface area contributed by atoms with Crippen LogP contribution < -0.4 is 0 Å². The van der Waals surface area contributed by atoms with Gasteiger partial charge in [0.2, 0.25) is 0 Å². The van der Waals surface area contributed by atoms with E-state index in [0.717, 1.165) is 167 Å². The molecule has 0 spiro atoms. The van der Waals surface area contributed by atoms with Crippen molar-refractivity contribution < 1.29 is 0 Å². The van der Waals surface area contributed by atoms with Crippen LogP contribution >= 0.6 is 0 Å². The lowest BCUT2D eigenvalue weighted by molar-refractivity contribution is 1.28. The Bertz CT molecular complexity index is 6600. The lowest BCUT2D eigenvalue weighted by Crippen LogP contribution is -1.89. The van der Waals surface area contributed by atoms with Gasteiger partial charge in [0.05, 0.1) is 84.3 Å². The molecule has 0 fully saturated rings. The number of hydrogen-bond acceptors (Lipinski definition) is 9. The fourth-order valence-electron chi connectivity index (χ4n) is 13.7. The van der Waals surface area contributed by atoms with Gasteiger partial charge >= 0.3 is 0 Å². The highest BCUT2D eigenvalue weighted by molar-refractivity contribution is 5.99. The van der Waals surface area contributed by atoms with Gasteiger partial charge in [0.25, 0.3) is 0 Å². The highest BCUT2D eigenvalue weighted by Gasteiger charge is 2.14. The summed E-state index contributed by atoms with van der Waals surface area (Å²) in [5, 5.41) is 11.6. The van der Waals surface area contributed by atoms with E-state index in [1.54, 1.807) is 18.6 Å². The maximum atomic E-state index is 5.01. The lowest BCUT2D eigenvalue weighted by Gasteiger charge is -2.09. The highest BCUT2D eigenvalue weighted by Crippen LogP contribution is 2.36. The van der Waals surface area contributed by atoms with E-state index in [9.17, 15) is 0 Å². The molecule has 9 heteroatoms. The van der Waals surface area contributed by atoms with Gasteiger partial charge in [-0.25, -0.2) is 29.9 Å². The number of rotatable bonds is 9. The SMILES string of the molecule is c1ccc(-c2ccc3cc(-c4ccc5ccc(-c6ccccn6)nc5c4)ccc3n2)cc1.c1ccc(-c2ccc3ccc(-c4ccc5nc(-c6ccc7ccccc7c6)ccc5c4)cc3n2)nc1.c1ccc(-c2ccc3ccc(-c4ccc5nc(-c6cccc7ccccc67)ccc5c4)cc3n2)nc1. The van der Waals surface area contributed by atoms with Crippen LogP contribution in [-0.4, -0.2) is 44.9 Å². The van der Waals surface area contributed by atoms with Crippen LogP contribution in [0.2, 0.25) is 0 Å². The van der Waals surface area contributed by atoms with E-state index < -0.39 is 0 Å². The maximum Gasteiger partial charge on any atom is 0.0893 e. The molecule has 0 saturated carbocycles. The second-order valence-electron chi connectivity index (χ2n) is 25.7. The van der Waals surface area contributed by atoms with Crippen molar-refractivity contribution in [2.45, 2.75) is 0 Å². The van der Waals surface area contributed by atoms with E-state index >= 15 is 0 Å². The Kier molecular flexibility index (Phi) is 16.4. The number of nitrogens with zero attached hydrogens (tertiary/aromatic N) is 9. The zero-order chi connectivity index (χ0) is 69.1. The van der Waals surface area contributed by atoms with E-state index in [1.165, 1.54) is 21.5 Å². The Morgan fingerprint density at radius 2 is 0.471 bits per heavy atom. The Labute approximate surface area is 600 Å². The molecule has 0 atom stereocenters. The molecule has 9 aromatic heterocycles. The number of pyridine rings is 9. The predicted octanol–water partition coefficient (Wildman–Crippen LogP) is 23.8. The lowest BCUT2D eigenvalue weighted by atomic mass is 9.99. The summed E-state index contributed by atoms with van der Waals surface area (Å²) >= 11 is 0. The zero-order valence-corrected chi connectivity index (χ0v) is 56.2. The van der Waals surface area contributed by atoms with Gasteiger partial charge in [-0.2, -0.15) is 0 Å². The molecule has 0 aliphatic rings. The first kappa shape index (κ1) is 62.1. The van der Waals surface area contributed by atoms with Crippen LogP contribution in [0, 0.1) is 0 Å². The van der Waals surface area contributed by atoms with Crippen molar-refractivity contribution in [3.63, 3.8) is 0 Å². The molecule has 9 nitrogen and oxygen atoms in total. The normalized spacial score (nSPS) is 11.3. The van der Waals surface area contributed by atoms with Gasteiger partial charge in [0, 0.05) is 67.6 Å². The van der Waals surface area contributed by atoms with Crippen molar-refractivity contribution in [3.8, 4) is 101 Å². The summed E-state index contributed by atoms with van der Waals surface area (Å²) in [7, 11) is 0. The van der Waals surface area contributed by atoms with Gasteiger partial charge in [0.1, 0.15) is 0 Å². The monoisotopic (exact) mass is 1330 g/mol. The number of aromatic nitrogens is 9.